The monoisotopic (exact) mass is 1030 g/mol. The highest BCUT2D eigenvalue weighted by atomic mass is 16.6. The fourth-order valence-corrected chi connectivity index (χ4v) is 8.35. The van der Waals surface area contributed by atoms with Gasteiger partial charge in [-0.15, -0.1) is 0 Å². The lowest BCUT2D eigenvalue weighted by molar-refractivity contribution is -0.167. The first kappa shape index (κ1) is 70.1. The summed E-state index contributed by atoms with van der Waals surface area (Å²) in [6, 6.07) is 0. The van der Waals surface area contributed by atoms with E-state index in [4.69, 9.17) is 14.2 Å². The van der Waals surface area contributed by atoms with Crippen molar-refractivity contribution in [3.8, 4) is 0 Å². The molecule has 0 spiro atoms. The number of esters is 3. The molecule has 0 saturated carbocycles. The number of carbonyl (C=O) groups excluding carboxylic acids is 3. The van der Waals surface area contributed by atoms with E-state index in [1.54, 1.807) is 0 Å². The quantitative estimate of drug-likeness (QED) is 0.0261. The van der Waals surface area contributed by atoms with Crippen molar-refractivity contribution in [1.82, 2.24) is 0 Å². The predicted octanol–water partition coefficient (Wildman–Crippen LogP) is 21.0. The molecule has 1 atom stereocenters. The van der Waals surface area contributed by atoms with Crippen molar-refractivity contribution in [2.24, 2.45) is 0 Å². The zero-order chi connectivity index (χ0) is 53.6. The number of rotatable bonds is 55. The fourth-order valence-electron chi connectivity index (χ4n) is 8.35. The summed E-state index contributed by atoms with van der Waals surface area (Å²) < 4.78 is 16.9. The van der Waals surface area contributed by atoms with Gasteiger partial charge in [-0.1, -0.05) is 246 Å². The highest BCUT2D eigenvalue weighted by molar-refractivity contribution is 5.71. The van der Waals surface area contributed by atoms with Gasteiger partial charge < -0.3 is 14.2 Å². The first-order chi connectivity index (χ1) is 36.5. The largest absolute Gasteiger partial charge is 0.462 e. The number of carbonyl (C=O) groups is 3. The summed E-state index contributed by atoms with van der Waals surface area (Å²) in [6.45, 7) is 6.46. The van der Waals surface area contributed by atoms with Crippen LogP contribution in [-0.4, -0.2) is 37.2 Å². The van der Waals surface area contributed by atoms with Crippen LogP contribution in [0.15, 0.2) is 109 Å². The molecular formula is C68H114O6. The first-order valence-electron chi connectivity index (χ1n) is 30.9. The number of unbranched alkanes of at least 4 members (excludes halogenated alkanes) is 26. The summed E-state index contributed by atoms with van der Waals surface area (Å²) in [5.74, 6) is -0.912. The molecule has 0 aliphatic carbocycles. The second-order valence-corrected chi connectivity index (χ2v) is 20.2. The van der Waals surface area contributed by atoms with Crippen LogP contribution >= 0.6 is 0 Å². The van der Waals surface area contributed by atoms with Crippen LogP contribution in [0.2, 0.25) is 0 Å². The van der Waals surface area contributed by atoms with E-state index in [1.807, 2.05) is 0 Å². The number of hydrogen-bond donors (Lipinski definition) is 0. The van der Waals surface area contributed by atoms with Crippen LogP contribution in [0.4, 0.5) is 0 Å². The average molecular weight is 1030 g/mol. The molecule has 0 rings (SSSR count). The maximum absolute atomic E-state index is 12.9. The summed E-state index contributed by atoms with van der Waals surface area (Å²) in [4.78, 5) is 38.2. The second-order valence-electron chi connectivity index (χ2n) is 20.2. The molecule has 6 heteroatoms. The van der Waals surface area contributed by atoms with Crippen LogP contribution in [0, 0.1) is 0 Å². The van der Waals surface area contributed by atoms with Gasteiger partial charge in [-0.25, -0.2) is 0 Å². The number of ether oxygens (including phenoxy) is 3. The molecule has 0 bridgehead atoms. The summed E-state index contributed by atoms with van der Waals surface area (Å²) >= 11 is 0. The Morgan fingerprint density at radius 1 is 0.284 bits per heavy atom. The average Bonchev–Trinajstić information content (AvgIpc) is 3.40. The Kier molecular flexibility index (Phi) is 58.3. The molecular weight excluding hydrogens is 913 g/mol. The topological polar surface area (TPSA) is 78.9 Å². The number of allylic oxidation sites excluding steroid dienone is 18. The van der Waals surface area contributed by atoms with Crippen LogP contribution in [-0.2, 0) is 28.6 Å². The predicted molar refractivity (Wildman–Crippen MR) is 320 cm³/mol. The maximum atomic E-state index is 12.9. The van der Waals surface area contributed by atoms with Crippen molar-refractivity contribution in [2.45, 2.75) is 290 Å². The molecule has 1 unspecified atom stereocenters. The molecule has 74 heavy (non-hydrogen) atoms. The van der Waals surface area contributed by atoms with Gasteiger partial charge in [-0.05, 0) is 128 Å². The van der Waals surface area contributed by atoms with E-state index < -0.39 is 6.10 Å². The van der Waals surface area contributed by atoms with Crippen LogP contribution in [0.3, 0.4) is 0 Å². The summed E-state index contributed by atoms with van der Waals surface area (Å²) in [5.41, 5.74) is 0. The van der Waals surface area contributed by atoms with Crippen molar-refractivity contribution in [3.05, 3.63) is 109 Å². The lowest BCUT2D eigenvalue weighted by atomic mass is 10.1. The van der Waals surface area contributed by atoms with E-state index in [1.165, 1.54) is 116 Å². The molecule has 0 aromatic heterocycles. The Labute approximate surface area is 457 Å². The zero-order valence-corrected chi connectivity index (χ0v) is 48.3. The van der Waals surface area contributed by atoms with Gasteiger partial charge >= 0.3 is 17.9 Å². The number of hydrogen-bond acceptors (Lipinski definition) is 6. The maximum Gasteiger partial charge on any atom is 0.306 e. The Morgan fingerprint density at radius 2 is 0.527 bits per heavy atom. The Balaban J connectivity index is 4.28. The van der Waals surface area contributed by atoms with Crippen LogP contribution in [0.1, 0.15) is 284 Å². The molecule has 0 heterocycles. The highest BCUT2D eigenvalue weighted by Gasteiger charge is 2.19. The lowest BCUT2D eigenvalue weighted by Crippen LogP contribution is -2.30. The lowest BCUT2D eigenvalue weighted by Gasteiger charge is -2.18. The summed E-state index contributed by atoms with van der Waals surface area (Å²) in [5, 5.41) is 0. The third-order valence-electron chi connectivity index (χ3n) is 13.0. The molecule has 0 radical (unpaired) electrons. The molecule has 0 saturated heterocycles. The molecule has 422 valence electrons. The van der Waals surface area contributed by atoms with Crippen LogP contribution < -0.4 is 0 Å². The Hall–Kier alpha value is -3.93. The van der Waals surface area contributed by atoms with Gasteiger partial charge in [0, 0.05) is 19.3 Å². The van der Waals surface area contributed by atoms with Crippen LogP contribution in [0.25, 0.3) is 0 Å². The normalized spacial score (nSPS) is 12.9. The minimum Gasteiger partial charge on any atom is -0.462 e. The van der Waals surface area contributed by atoms with Crippen molar-refractivity contribution in [3.63, 3.8) is 0 Å². The van der Waals surface area contributed by atoms with E-state index in [0.717, 1.165) is 128 Å². The molecule has 6 nitrogen and oxygen atoms in total. The smallest absolute Gasteiger partial charge is 0.306 e. The highest BCUT2D eigenvalue weighted by Crippen LogP contribution is 2.15. The third-order valence-corrected chi connectivity index (χ3v) is 13.0. The van der Waals surface area contributed by atoms with E-state index >= 15 is 0 Å². The SMILES string of the molecule is CC/C=C\C/C=C\C/C=C\C/C=C\C/C=C\C/C=C\CCCCCCCCCCCCC(=O)OCC(COC(=O)CCCCCCC/C=C\CCCCC)OC(=O)CCCCCCC/C=C\C/C=C\CCCCC. The Morgan fingerprint density at radius 3 is 0.838 bits per heavy atom. The third kappa shape index (κ3) is 59.0. The van der Waals surface area contributed by atoms with Gasteiger partial charge in [-0.3, -0.25) is 14.4 Å². The van der Waals surface area contributed by atoms with E-state index in [9.17, 15) is 14.4 Å². The van der Waals surface area contributed by atoms with Crippen molar-refractivity contribution < 1.29 is 28.6 Å². The van der Waals surface area contributed by atoms with E-state index in [2.05, 4.69) is 130 Å². The molecule has 0 aromatic carbocycles. The van der Waals surface area contributed by atoms with Gasteiger partial charge in [0.15, 0.2) is 6.10 Å². The van der Waals surface area contributed by atoms with Crippen LogP contribution in [0.5, 0.6) is 0 Å². The fraction of sp³-hybridized carbons (Fsp3) is 0.691. The molecule has 0 aliphatic heterocycles. The Bertz CT molecular complexity index is 1510. The first-order valence-corrected chi connectivity index (χ1v) is 30.9. The zero-order valence-electron chi connectivity index (χ0n) is 48.3. The second kappa shape index (κ2) is 61.6. The minimum absolute atomic E-state index is 0.0888. The van der Waals surface area contributed by atoms with Crippen molar-refractivity contribution >= 4 is 17.9 Å². The van der Waals surface area contributed by atoms with Crippen molar-refractivity contribution in [2.75, 3.05) is 13.2 Å². The molecule has 0 aromatic rings. The molecule has 0 N–H and O–H groups in total. The van der Waals surface area contributed by atoms with Gasteiger partial charge in [0.25, 0.3) is 0 Å². The standard InChI is InChI=1S/C68H114O6/c1-4-7-10-13-16-19-22-25-27-28-29-30-31-32-33-34-35-36-37-38-39-40-42-43-46-49-52-55-58-61-67(70)73-64-65(63-72-66(69)60-57-54-51-48-45-24-21-18-15-12-9-6-3)74-68(71)62-59-56-53-50-47-44-41-26-23-20-17-14-11-8-5-2/h7,10,16-21,25-27,29-30,32-33,35-36,41,65H,4-6,8-9,11-15,22-24,28,31,34,37-40,42-64H2,1-3H3/b10-7-,19-16-,20-17-,21-18-,27-25-,30-29-,33-32-,36-35-,41-26-. The van der Waals surface area contributed by atoms with E-state index in [-0.39, 0.29) is 31.1 Å². The van der Waals surface area contributed by atoms with Gasteiger partial charge in [0.1, 0.15) is 13.2 Å². The minimum atomic E-state index is -0.792. The molecule has 0 amide bonds. The summed E-state index contributed by atoms with van der Waals surface area (Å²) in [6.07, 6.45) is 83.7. The summed E-state index contributed by atoms with van der Waals surface area (Å²) in [7, 11) is 0. The van der Waals surface area contributed by atoms with E-state index in [0.29, 0.717) is 19.3 Å². The molecule has 0 aliphatic rings. The van der Waals surface area contributed by atoms with Gasteiger partial charge in [0.05, 0.1) is 0 Å². The molecule has 0 fully saturated rings. The van der Waals surface area contributed by atoms with Gasteiger partial charge in [-0.2, -0.15) is 0 Å². The van der Waals surface area contributed by atoms with Crippen molar-refractivity contribution in [1.29, 1.82) is 0 Å². The van der Waals surface area contributed by atoms with Gasteiger partial charge in [0.2, 0.25) is 0 Å².